The van der Waals surface area contributed by atoms with E-state index in [9.17, 15) is 4.79 Å². The standard InChI is InChI=1S/C14H15NO2S/c1-2-10-3-5-11(6-4-10)14-15-12(9-18-14)7-8-13(16)17/h3-6,9H,2,7-8H2,1H3,(H,16,17). The monoisotopic (exact) mass is 261 g/mol. The summed E-state index contributed by atoms with van der Waals surface area (Å²) in [6, 6.07) is 8.35. The highest BCUT2D eigenvalue weighted by molar-refractivity contribution is 7.13. The van der Waals surface area contributed by atoms with Crippen molar-refractivity contribution < 1.29 is 9.90 Å². The van der Waals surface area contributed by atoms with Gasteiger partial charge in [0.1, 0.15) is 5.01 Å². The average molecular weight is 261 g/mol. The first kappa shape index (κ1) is 12.8. The van der Waals surface area contributed by atoms with Crippen LogP contribution in [0.1, 0.15) is 24.6 Å². The average Bonchev–Trinajstić information content (AvgIpc) is 2.85. The zero-order valence-corrected chi connectivity index (χ0v) is 11.0. The predicted octanol–water partition coefficient (Wildman–Crippen LogP) is 3.39. The number of carboxylic acids is 1. The van der Waals surface area contributed by atoms with Crippen LogP contribution in [0.15, 0.2) is 29.6 Å². The van der Waals surface area contributed by atoms with Crippen LogP contribution in [0.4, 0.5) is 0 Å². The molecular weight excluding hydrogens is 246 g/mol. The number of hydrogen-bond acceptors (Lipinski definition) is 3. The molecule has 0 radical (unpaired) electrons. The van der Waals surface area contributed by atoms with Crippen molar-refractivity contribution in [3.8, 4) is 10.6 Å². The van der Waals surface area contributed by atoms with Crippen molar-refractivity contribution in [1.29, 1.82) is 0 Å². The Morgan fingerprint density at radius 1 is 1.33 bits per heavy atom. The van der Waals surface area contributed by atoms with Gasteiger partial charge in [0.15, 0.2) is 0 Å². The van der Waals surface area contributed by atoms with E-state index >= 15 is 0 Å². The van der Waals surface area contributed by atoms with E-state index in [-0.39, 0.29) is 6.42 Å². The van der Waals surface area contributed by atoms with E-state index in [4.69, 9.17) is 5.11 Å². The van der Waals surface area contributed by atoms with Crippen LogP contribution in [0.5, 0.6) is 0 Å². The highest BCUT2D eigenvalue weighted by Crippen LogP contribution is 2.24. The molecule has 94 valence electrons. The van der Waals surface area contributed by atoms with Crippen LogP contribution in [-0.4, -0.2) is 16.1 Å². The molecule has 0 unspecified atom stereocenters. The molecule has 0 amide bonds. The number of rotatable bonds is 5. The zero-order chi connectivity index (χ0) is 13.0. The number of carbonyl (C=O) groups is 1. The van der Waals surface area contributed by atoms with Gasteiger partial charge in [-0.25, -0.2) is 4.98 Å². The van der Waals surface area contributed by atoms with Crippen LogP contribution in [-0.2, 0) is 17.6 Å². The van der Waals surface area contributed by atoms with E-state index in [1.807, 2.05) is 5.38 Å². The lowest BCUT2D eigenvalue weighted by Crippen LogP contribution is -1.97. The van der Waals surface area contributed by atoms with Crippen molar-refractivity contribution in [3.05, 3.63) is 40.9 Å². The van der Waals surface area contributed by atoms with Gasteiger partial charge < -0.3 is 5.11 Å². The normalized spacial score (nSPS) is 10.5. The number of aromatic nitrogens is 1. The van der Waals surface area contributed by atoms with E-state index in [1.165, 1.54) is 5.56 Å². The molecule has 0 bridgehead atoms. The molecule has 0 aliphatic heterocycles. The molecule has 2 rings (SSSR count). The molecule has 1 N–H and O–H groups in total. The number of hydrogen-bond donors (Lipinski definition) is 1. The van der Waals surface area contributed by atoms with Gasteiger partial charge in [0.05, 0.1) is 12.1 Å². The van der Waals surface area contributed by atoms with E-state index < -0.39 is 5.97 Å². The minimum atomic E-state index is -0.781. The second kappa shape index (κ2) is 5.78. The second-order valence-electron chi connectivity index (χ2n) is 4.09. The van der Waals surface area contributed by atoms with Crippen molar-refractivity contribution in [2.24, 2.45) is 0 Å². The molecule has 2 aromatic rings. The number of thiazole rings is 1. The quantitative estimate of drug-likeness (QED) is 0.897. The van der Waals surface area contributed by atoms with E-state index in [2.05, 4.69) is 36.2 Å². The fourth-order valence-corrected chi connectivity index (χ4v) is 2.53. The van der Waals surface area contributed by atoms with Gasteiger partial charge >= 0.3 is 5.97 Å². The maximum atomic E-state index is 10.5. The lowest BCUT2D eigenvalue weighted by atomic mass is 10.1. The third-order valence-corrected chi connectivity index (χ3v) is 3.70. The molecule has 4 heteroatoms. The van der Waals surface area contributed by atoms with Crippen LogP contribution < -0.4 is 0 Å². The van der Waals surface area contributed by atoms with Gasteiger partial charge in [-0.2, -0.15) is 0 Å². The summed E-state index contributed by atoms with van der Waals surface area (Å²) in [4.78, 5) is 15.0. The van der Waals surface area contributed by atoms with Crippen LogP contribution in [0.2, 0.25) is 0 Å². The van der Waals surface area contributed by atoms with Gasteiger partial charge in [-0.1, -0.05) is 31.2 Å². The summed E-state index contributed by atoms with van der Waals surface area (Å²) in [5.74, 6) is -0.781. The topological polar surface area (TPSA) is 50.2 Å². The molecule has 18 heavy (non-hydrogen) atoms. The van der Waals surface area contributed by atoms with Crippen LogP contribution >= 0.6 is 11.3 Å². The van der Waals surface area contributed by atoms with Gasteiger partial charge in [0.2, 0.25) is 0 Å². The molecule has 0 fully saturated rings. The van der Waals surface area contributed by atoms with Crippen molar-refractivity contribution in [2.45, 2.75) is 26.2 Å². The number of benzene rings is 1. The fourth-order valence-electron chi connectivity index (χ4n) is 1.67. The summed E-state index contributed by atoms with van der Waals surface area (Å²) >= 11 is 1.56. The molecule has 1 aromatic carbocycles. The molecule has 0 atom stereocenters. The third kappa shape index (κ3) is 3.17. The molecule has 0 aliphatic carbocycles. The van der Waals surface area contributed by atoms with E-state index in [0.29, 0.717) is 6.42 Å². The summed E-state index contributed by atoms with van der Waals surface area (Å²) < 4.78 is 0. The maximum absolute atomic E-state index is 10.5. The molecule has 1 aromatic heterocycles. The Morgan fingerprint density at radius 2 is 2.06 bits per heavy atom. The summed E-state index contributed by atoms with van der Waals surface area (Å²) in [6.45, 7) is 2.13. The Bertz CT molecular complexity index is 531. The van der Waals surface area contributed by atoms with Crippen molar-refractivity contribution in [2.75, 3.05) is 0 Å². The van der Waals surface area contributed by atoms with Crippen molar-refractivity contribution in [3.63, 3.8) is 0 Å². The minimum absolute atomic E-state index is 0.137. The SMILES string of the molecule is CCc1ccc(-c2nc(CCC(=O)O)cs2)cc1. The van der Waals surface area contributed by atoms with E-state index in [1.54, 1.807) is 11.3 Å². The van der Waals surface area contributed by atoms with Gasteiger partial charge in [-0.3, -0.25) is 4.79 Å². The molecule has 0 saturated heterocycles. The van der Waals surface area contributed by atoms with Crippen LogP contribution in [0.25, 0.3) is 10.6 Å². The summed E-state index contributed by atoms with van der Waals surface area (Å²) in [5.41, 5.74) is 3.26. The summed E-state index contributed by atoms with van der Waals surface area (Å²) in [6.07, 6.45) is 1.67. The molecule has 3 nitrogen and oxygen atoms in total. The third-order valence-electron chi connectivity index (χ3n) is 2.76. The smallest absolute Gasteiger partial charge is 0.303 e. The minimum Gasteiger partial charge on any atom is -0.481 e. The highest BCUT2D eigenvalue weighted by atomic mass is 32.1. The Labute approximate surface area is 110 Å². The fraction of sp³-hybridized carbons (Fsp3) is 0.286. The maximum Gasteiger partial charge on any atom is 0.303 e. The summed E-state index contributed by atoms with van der Waals surface area (Å²) in [5, 5.41) is 11.5. The molecular formula is C14H15NO2S. The van der Waals surface area contributed by atoms with Gasteiger partial charge in [-0.15, -0.1) is 11.3 Å². The second-order valence-corrected chi connectivity index (χ2v) is 4.95. The first-order chi connectivity index (χ1) is 8.69. The number of nitrogens with zero attached hydrogens (tertiary/aromatic N) is 1. The largest absolute Gasteiger partial charge is 0.481 e. The van der Waals surface area contributed by atoms with Gasteiger partial charge in [0.25, 0.3) is 0 Å². The molecule has 0 saturated carbocycles. The first-order valence-corrected chi connectivity index (χ1v) is 6.82. The Morgan fingerprint density at radius 3 is 2.67 bits per heavy atom. The first-order valence-electron chi connectivity index (χ1n) is 5.94. The van der Waals surface area contributed by atoms with Gasteiger partial charge in [-0.05, 0) is 12.0 Å². The van der Waals surface area contributed by atoms with Crippen LogP contribution in [0.3, 0.4) is 0 Å². The number of carboxylic acid groups (broad SMARTS) is 1. The van der Waals surface area contributed by atoms with Crippen molar-refractivity contribution in [1.82, 2.24) is 4.98 Å². The van der Waals surface area contributed by atoms with Crippen LogP contribution in [0, 0.1) is 0 Å². The lowest BCUT2D eigenvalue weighted by molar-refractivity contribution is -0.136. The Hall–Kier alpha value is -1.68. The molecule has 0 spiro atoms. The Balaban J connectivity index is 2.10. The van der Waals surface area contributed by atoms with Gasteiger partial charge in [0, 0.05) is 17.4 Å². The van der Waals surface area contributed by atoms with E-state index in [0.717, 1.165) is 22.7 Å². The highest BCUT2D eigenvalue weighted by Gasteiger charge is 2.06. The van der Waals surface area contributed by atoms with Crippen molar-refractivity contribution >= 4 is 17.3 Å². The molecule has 1 heterocycles. The zero-order valence-electron chi connectivity index (χ0n) is 10.2. The molecule has 0 aliphatic rings. The number of aliphatic carboxylic acids is 1. The number of aryl methyl sites for hydroxylation is 2. The predicted molar refractivity (Wildman–Crippen MR) is 72.9 cm³/mol. The summed E-state index contributed by atoms with van der Waals surface area (Å²) in [7, 11) is 0. The lowest BCUT2D eigenvalue weighted by Gasteiger charge is -1.98. The Kier molecular flexibility index (Phi) is 4.10.